The molecule has 2 N–H and O–H groups in total. The van der Waals surface area contributed by atoms with Gasteiger partial charge in [-0.15, -0.1) is 0 Å². The van der Waals surface area contributed by atoms with Crippen LogP contribution in [0.15, 0.2) is 18.2 Å². The zero-order valence-electron chi connectivity index (χ0n) is 12.9. The summed E-state index contributed by atoms with van der Waals surface area (Å²) in [6, 6.07) is 4.20. The van der Waals surface area contributed by atoms with Crippen LogP contribution in [0.5, 0.6) is 0 Å². The molecule has 2 aliphatic rings. The lowest BCUT2D eigenvalue weighted by Gasteiger charge is -2.27. The second-order valence-electron chi connectivity index (χ2n) is 5.76. The molecule has 0 spiro atoms. The highest BCUT2D eigenvalue weighted by molar-refractivity contribution is 6.23. The average Bonchev–Trinajstić information content (AvgIpc) is 2.78. The lowest BCUT2D eigenvalue weighted by molar-refractivity contribution is -0.136. The van der Waals surface area contributed by atoms with Gasteiger partial charge in [-0.25, -0.2) is 0 Å². The molecule has 2 unspecified atom stereocenters. The molecule has 23 heavy (non-hydrogen) atoms. The molecule has 0 radical (unpaired) electrons. The number of hydrogen-bond donors (Lipinski definition) is 2. The van der Waals surface area contributed by atoms with E-state index in [2.05, 4.69) is 10.6 Å². The molecule has 0 aliphatic carbocycles. The first kappa shape index (κ1) is 15.4. The molecule has 1 aromatic carbocycles. The third kappa shape index (κ3) is 2.43. The van der Waals surface area contributed by atoms with Crippen LogP contribution in [0.1, 0.15) is 52.1 Å². The molecule has 0 bridgehead atoms. The molecule has 0 saturated carbocycles. The summed E-state index contributed by atoms with van der Waals surface area (Å²) in [5.41, 5.74) is 1.49. The molecular formula is C16H17N3O4. The van der Waals surface area contributed by atoms with E-state index >= 15 is 0 Å². The number of imide groups is 2. The van der Waals surface area contributed by atoms with Crippen molar-refractivity contribution in [2.24, 2.45) is 0 Å². The highest BCUT2D eigenvalue weighted by Crippen LogP contribution is 2.29. The van der Waals surface area contributed by atoms with Crippen LogP contribution in [0.25, 0.3) is 0 Å². The molecule has 2 aliphatic heterocycles. The summed E-state index contributed by atoms with van der Waals surface area (Å²) >= 11 is 0. The number of nitrogens with one attached hydrogen (secondary N) is 2. The first-order chi connectivity index (χ1) is 10.9. The third-order valence-electron chi connectivity index (χ3n) is 4.40. The lowest BCUT2D eigenvalue weighted by Crippen LogP contribution is -2.54. The number of benzene rings is 1. The van der Waals surface area contributed by atoms with Crippen LogP contribution < -0.4 is 10.6 Å². The van der Waals surface area contributed by atoms with Crippen LogP contribution in [-0.2, 0) is 9.59 Å². The monoisotopic (exact) mass is 315 g/mol. The fraction of sp³-hybridized carbons (Fsp3) is 0.375. The summed E-state index contributed by atoms with van der Waals surface area (Å²) < 4.78 is 0. The molecule has 2 heterocycles. The zero-order chi connectivity index (χ0) is 16.7. The van der Waals surface area contributed by atoms with E-state index in [9.17, 15) is 19.2 Å². The molecular weight excluding hydrogens is 298 g/mol. The van der Waals surface area contributed by atoms with E-state index < -0.39 is 23.8 Å². The van der Waals surface area contributed by atoms with Crippen molar-refractivity contribution < 1.29 is 19.2 Å². The summed E-state index contributed by atoms with van der Waals surface area (Å²) in [6.07, 6.45) is 0.280. The second kappa shape index (κ2) is 5.58. The molecule has 120 valence electrons. The van der Waals surface area contributed by atoms with Gasteiger partial charge in [-0.05, 0) is 38.1 Å². The predicted octanol–water partition coefficient (Wildman–Crippen LogP) is 0.368. The van der Waals surface area contributed by atoms with Gasteiger partial charge in [-0.2, -0.15) is 0 Å². The van der Waals surface area contributed by atoms with Gasteiger partial charge in [-0.3, -0.25) is 29.4 Å². The van der Waals surface area contributed by atoms with E-state index in [4.69, 9.17) is 0 Å². The first-order valence-corrected chi connectivity index (χ1v) is 7.47. The summed E-state index contributed by atoms with van der Waals surface area (Å²) in [5.74, 6) is -1.94. The zero-order valence-corrected chi connectivity index (χ0v) is 12.9. The van der Waals surface area contributed by atoms with E-state index in [1.807, 2.05) is 6.92 Å². The van der Waals surface area contributed by atoms with Gasteiger partial charge in [0.2, 0.25) is 11.8 Å². The van der Waals surface area contributed by atoms with Crippen molar-refractivity contribution in [3.63, 3.8) is 0 Å². The minimum absolute atomic E-state index is 0.0350. The van der Waals surface area contributed by atoms with Crippen molar-refractivity contribution in [2.45, 2.75) is 31.8 Å². The molecule has 1 saturated heterocycles. The Hall–Kier alpha value is -2.54. The molecule has 0 aromatic heterocycles. The highest BCUT2D eigenvalue weighted by atomic mass is 16.2. The number of carbonyl (C=O) groups excluding carboxylic acids is 4. The third-order valence-corrected chi connectivity index (χ3v) is 4.40. The van der Waals surface area contributed by atoms with Gasteiger partial charge in [0.1, 0.15) is 6.04 Å². The SMILES string of the molecule is CNC(C)c1ccc2c(c1)C(=O)N(C1CCC(=O)NC1=O)C2=O. The maximum atomic E-state index is 12.6. The smallest absolute Gasteiger partial charge is 0.262 e. The standard InChI is InChI=1S/C16H17N3O4/c1-8(17-2)9-3-4-10-11(7-9)16(23)19(15(10)22)12-5-6-13(20)18-14(12)21/h3-4,7-8,12,17H,5-6H2,1-2H3,(H,18,20,21). The number of rotatable bonds is 3. The molecule has 7 heteroatoms. The molecule has 2 atom stereocenters. The Kier molecular flexibility index (Phi) is 3.73. The van der Waals surface area contributed by atoms with Gasteiger partial charge in [0.05, 0.1) is 11.1 Å². The molecule has 4 amide bonds. The number of hydrogen-bond acceptors (Lipinski definition) is 5. The number of nitrogens with zero attached hydrogens (tertiary/aromatic N) is 1. The Morgan fingerprint density at radius 1 is 1.17 bits per heavy atom. The van der Waals surface area contributed by atoms with Gasteiger partial charge in [0.25, 0.3) is 11.8 Å². The Balaban J connectivity index is 1.94. The summed E-state index contributed by atoms with van der Waals surface area (Å²) in [7, 11) is 1.81. The Bertz CT molecular complexity index is 728. The number of piperidine rings is 1. The van der Waals surface area contributed by atoms with Crippen LogP contribution in [0, 0.1) is 0 Å². The van der Waals surface area contributed by atoms with Crippen molar-refractivity contribution in [1.29, 1.82) is 0 Å². The predicted molar refractivity (Wildman–Crippen MR) is 80.6 cm³/mol. The number of carbonyl (C=O) groups is 4. The van der Waals surface area contributed by atoms with Gasteiger partial charge < -0.3 is 5.32 Å². The van der Waals surface area contributed by atoms with E-state index in [0.717, 1.165) is 10.5 Å². The van der Waals surface area contributed by atoms with Crippen molar-refractivity contribution in [3.05, 3.63) is 34.9 Å². The van der Waals surface area contributed by atoms with Crippen LogP contribution in [0.3, 0.4) is 0 Å². The fourth-order valence-electron chi connectivity index (χ4n) is 2.92. The minimum Gasteiger partial charge on any atom is -0.313 e. The van der Waals surface area contributed by atoms with Gasteiger partial charge in [-0.1, -0.05) is 6.07 Å². The molecule has 1 aromatic rings. The lowest BCUT2D eigenvalue weighted by atomic mass is 10.0. The fourth-order valence-corrected chi connectivity index (χ4v) is 2.92. The Labute approximate surface area is 133 Å². The summed E-state index contributed by atoms with van der Waals surface area (Å²) in [4.78, 5) is 49.3. The molecule has 3 rings (SSSR count). The van der Waals surface area contributed by atoms with Crippen LogP contribution in [0.4, 0.5) is 0 Å². The van der Waals surface area contributed by atoms with Crippen molar-refractivity contribution in [3.8, 4) is 0 Å². The molecule has 1 fully saturated rings. The van der Waals surface area contributed by atoms with Crippen LogP contribution >= 0.6 is 0 Å². The van der Waals surface area contributed by atoms with E-state index in [-0.39, 0.29) is 24.8 Å². The maximum Gasteiger partial charge on any atom is 0.262 e. The van der Waals surface area contributed by atoms with Crippen molar-refractivity contribution >= 4 is 23.6 Å². The van der Waals surface area contributed by atoms with Crippen LogP contribution in [-0.4, -0.2) is 41.6 Å². The quantitative estimate of drug-likeness (QED) is 0.786. The van der Waals surface area contributed by atoms with E-state index in [1.54, 1.807) is 25.2 Å². The Morgan fingerprint density at radius 3 is 2.52 bits per heavy atom. The highest BCUT2D eigenvalue weighted by Gasteiger charge is 2.44. The minimum atomic E-state index is -0.926. The van der Waals surface area contributed by atoms with E-state index in [0.29, 0.717) is 11.1 Å². The maximum absolute atomic E-state index is 12.6. The van der Waals surface area contributed by atoms with Crippen molar-refractivity contribution in [1.82, 2.24) is 15.5 Å². The number of fused-ring (bicyclic) bond motifs is 1. The topological polar surface area (TPSA) is 95.6 Å². The Morgan fingerprint density at radius 2 is 1.87 bits per heavy atom. The second-order valence-corrected chi connectivity index (χ2v) is 5.76. The van der Waals surface area contributed by atoms with Gasteiger partial charge in [0.15, 0.2) is 0 Å². The first-order valence-electron chi connectivity index (χ1n) is 7.47. The van der Waals surface area contributed by atoms with E-state index in [1.165, 1.54) is 0 Å². The molecule has 7 nitrogen and oxygen atoms in total. The normalized spacial score (nSPS) is 22.2. The van der Waals surface area contributed by atoms with Crippen LogP contribution in [0.2, 0.25) is 0 Å². The average molecular weight is 315 g/mol. The largest absolute Gasteiger partial charge is 0.313 e. The summed E-state index contributed by atoms with van der Waals surface area (Å²) in [5, 5.41) is 5.25. The van der Waals surface area contributed by atoms with Gasteiger partial charge in [0, 0.05) is 12.5 Å². The summed E-state index contributed by atoms with van der Waals surface area (Å²) in [6.45, 7) is 1.95. The number of amides is 4. The van der Waals surface area contributed by atoms with Crippen molar-refractivity contribution in [2.75, 3.05) is 7.05 Å². The van der Waals surface area contributed by atoms with Gasteiger partial charge >= 0.3 is 0 Å².